The van der Waals surface area contributed by atoms with Crippen molar-refractivity contribution in [1.82, 2.24) is 0 Å². The Morgan fingerprint density at radius 2 is 2.06 bits per heavy atom. The average Bonchev–Trinajstić information content (AvgIpc) is 2.21. The van der Waals surface area contributed by atoms with Gasteiger partial charge in [0.1, 0.15) is 6.61 Å². The number of carbonyl (C=O) groups excluding carboxylic acids is 1. The van der Waals surface area contributed by atoms with E-state index in [0.717, 1.165) is 7.16 Å². The minimum absolute atomic E-state index is 0.0296. The molecule has 1 rings (SSSR count). The van der Waals surface area contributed by atoms with Crippen molar-refractivity contribution in [2.24, 2.45) is 5.92 Å². The lowest BCUT2D eigenvalue weighted by Gasteiger charge is -2.22. The first-order valence-electron chi connectivity index (χ1n) is 4.69. The monoisotopic (exact) mass is 609 g/mol. The van der Waals surface area contributed by atoms with Crippen LogP contribution in [0, 0.1) is 5.92 Å². The minimum atomic E-state index is -4.34. The number of hydrogen-bond acceptors (Lipinski definition) is 5. The summed E-state index contributed by atoms with van der Waals surface area (Å²) >= 11 is 6.39. The van der Waals surface area contributed by atoms with E-state index in [2.05, 4.69) is 67.8 Å². The Kier molecular flexibility index (Phi) is 6.81. The third kappa shape index (κ3) is 5.58. The lowest BCUT2D eigenvalue weighted by atomic mass is 10.0. The van der Waals surface area contributed by atoms with E-state index in [1.165, 1.54) is 0 Å². The fraction of sp³-hybridized carbons (Fsp3) is 0.444. The fourth-order valence-electron chi connectivity index (χ4n) is 1.22. The Bertz CT molecular complexity index is 496. The van der Waals surface area contributed by atoms with Crippen LogP contribution in [-0.4, -0.2) is 35.2 Å². The van der Waals surface area contributed by atoms with Crippen LogP contribution in [0.5, 0.6) is 0 Å². The Balaban J connectivity index is 2.60. The van der Waals surface area contributed by atoms with E-state index in [0.29, 0.717) is 0 Å². The molecule has 1 aliphatic carbocycles. The van der Waals surface area contributed by atoms with Gasteiger partial charge in [0.05, 0.1) is 25.7 Å². The van der Waals surface area contributed by atoms with Crippen molar-refractivity contribution in [3.8, 4) is 0 Å². The molecule has 102 valence electrons. The zero-order chi connectivity index (χ0) is 13.9. The molecule has 0 aromatic rings. The van der Waals surface area contributed by atoms with Gasteiger partial charge in [0, 0.05) is 7.16 Å². The maximum absolute atomic E-state index is 11.8. The number of rotatable bonds is 4. The lowest BCUT2D eigenvalue weighted by Crippen LogP contribution is -2.28. The van der Waals surface area contributed by atoms with Gasteiger partial charge < -0.3 is 9.29 Å². The number of carbonyl (C=O) groups is 1. The van der Waals surface area contributed by atoms with Crippen LogP contribution in [0.2, 0.25) is 0 Å². The van der Waals surface area contributed by atoms with E-state index < -0.39 is 34.4 Å². The predicted octanol–water partition coefficient (Wildman–Crippen LogP) is 2.15. The second kappa shape index (κ2) is 7.17. The molecule has 1 aliphatic rings. The van der Waals surface area contributed by atoms with E-state index in [4.69, 9.17) is 4.74 Å². The van der Waals surface area contributed by atoms with Gasteiger partial charge in [0.15, 0.2) is 0 Å². The molecule has 0 aromatic heterocycles. The quantitative estimate of drug-likeness (QED) is 0.212. The molecule has 0 heterocycles. The maximum Gasteiger partial charge on any atom is 0.314 e. The van der Waals surface area contributed by atoms with Crippen molar-refractivity contribution in [3.05, 3.63) is 19.3 Å². The van der Waals surface area contributed by atoms with Crippen molar-refractivity contribution in [2.45, 2.75) is 3.92 Å². The number of hydrogen-bond donors (Lipinski definition) is 0. The van der Waals surface area contributed by atoms with Crippen molar-refractivity contribution in [3.63, 3.8) is 0 Å². The lowest BCUT2D eigenvalue weighted by molar-refractivity contribution is -0.145. The van der Waals surface area contributed by atoms with Gasteiger partial charge in [-0.15, -0.1) is 0 Å². The highest BCUT2D eigenvalue weighted by molar-refractivity contribution is 14.1. The summed E-state index contributed by atoms with van der Waals surface area (Å²) in [6, 6.07) is 0. The number of esters is 1. The third-order valence-electron chi connectivity index (χ3n) is 2.04. The molecule has 0 fully saturated rings. The van der Waals surface area contributed by atoms with Crippen molar-refractivity contribution in [2.75, 3.05) is 12.4 Å². The van der Waals surface area contributed by atoms with Gasteiger partial charge in [-0.1, -0.05) is 28.7 Å². The largest absolute Gasteiger partial charge is 0.748 e. The van der Waals surface area contributed by atoms with Crippen LogP contribution in [0.3, 0.4) is 0 Å². The molecule has 0 saturated carbocycles. The van der Waals surface area contributed by atoms with E-state index in [-0.39, 0.29) is 3.92 Å². The summed E-state index contributed by atoms with van der Waals surface area (Å²) in [4.78, 5) is 11.8. The Morgan fingerprint density at radius 3 is 2.61 bits per heavy atom. The first-order valence-corrected chi connectivity index (χ1v) is 9.67. The molecule has 0 saturated heterocycles. The molecule has 2 unspecified atom stereocenters. The standard InChI is InChI=1S/C9H9I3O5S/c10-5-3-6(8(12)7(11)4-5)9(13)17-1-2-18(14,15)16/h3-4,6,8H,1-2H2,(H,14,15,16)/p-1. The second-order valence-corrected chi connectivity index (χ2v) is 8.79. The third-order valence-corrected chi connectivity index (χ3v) is 7.00. The molecule has 0 aromatic carbocycles. The van der Waals surface area contributed by atoms with Gasteiger partial charge in [-0.3, -0.25) is 4.79 Å². The van der Waals surface area contributed by atoms with Crippen molar-refractivity contribution in [1.29, 1.82) is 0 Å². The topological polar surface area (TPSA) is 83.5 Å². The van der Waals surface area contributed by atoms with Crippen LogP contribution in [0.25, 0.3) is 0 Å². The molecule has 0 bridgehead atoms. The second-order valence-electron chi connectivity index (χ2n) is 3.44. The Labute approximate surface area is 146 Å². The Hall–Kier alpha value is 1.05. The molecule has 0 aliphatic heterocycles. The summed E-state index contributed by atoms with van der Waals surface area (Å²) in [7, 11) is -4.34. The first-order chi connectivity index (χ1) is 8.20. The molecule has 0 N–H and O–H groups in total. The molecule has 18 heavy (non-hydrogen) atoms. The maximum atomic E-state index is 11.8. The summed E-state index contributed by atoms with van der Waals surface area (Å²) in [5.74, 6) is -1.64. The predicted molar refractivity (Wildman–Crippen MR) is 91.0 cm³/mol. The number of ether oxygens (including phenoxy) is 1. The molecule has 2 atom stereocenters. The van der Waals surface area contributed by atoms with E-state index >= 15 is 0 Å². The molecule has 0 radical (unpaired) electrons. The smallest absolute Gasteiger partial charge is 0.314 e. The highest BCUT2D eigenvalue weighted by Crippen LogP contribution is 2.36. The van der Waals surface area contributed by atoms with E-state index in [1.807, 2.05) is 6.08 Å². The van der Waals surface area contributed by atoms with Crippen LogP contribution in [-0.2, 0) is 19.6 Å². The number of allylic oxidation sites excluding steroid dienone is 3. The van der Waals surface area contributed by atoms with Gasteiger partial charge in [-0.25, -0.2) is 8.42 Å². The van der Waals surface area contributed by atoms with E-state index in [9.17, 15) is 17.8 Å². The average molecular weight is 609 g/mol. The zero-order valence-corrected chi connectivity index (χ0v) is 16.1. The molecule has 0 amide bonds. The van der Waals surface area contributed by atoms with Gasteiger partial charge in [-0.2, -0.15) is 0 Å². The highest BCUT2D eigenvalue weighted by atomic mass is 127. The van der Waals surface area contributed by atoms with Crippen molar-refractivity contribution >= 4 is 83.9 Å². The fourth-order valence-corrected chi connectivity index (χ4v) is 4.23. The normalized spacial score (nSPS) is 24.2. The van der Waals surface area contributed by atoms with Crippen LogP contribution in [0.1, 0.15) is 0 Å². The highest BCUT2D eigenvalue weighted by Gasteiger charge is 2.30. The summed E-state index contributed by atoms with van der Waals surface area (Å²) in [6.07, 6.45) is 3.73. The van der Waals surface area contributed by atoms with Crippen LogP contribution in [0.15, 0.2) is 19.3 Å². The van der Waals surface area contributed by atoms with E-state index in [1.54, 1.807) is 6.08 Å². The SMILES string of the molecule is O=C(OCCS(=O)(=O)[O-])C1C=C(I)C=C(I)C1I. The van der Waals surface area contributed by atoms with Gasteiger partial charge in [0.25, 0.3) is 0 Å². The molecule has 5 nitrogen and oxygen atoms in total. The first kappa shape index (κ1) is 17.1. The van der Waals surface area contributed by atoms with Gasteiger partial charge in [-0.05, 0) is 51.3 Å². The summed E-state index contributed by atoms with van der Waals surface area (Å²) in [6.45, 7) is -0.394. The zero-order valence-electron chi connectivity index (χ0n) is 8.81. The van der Waals surface area contributed by atoms with Crippen LogP contribution in [0.4, 0.5) is 0 Å². The number of halogens is 3. The summed E-state index contributed by atoms with van der Waals surface area (Å²) in [5.41, 5.74) is 0. The van der Waals surface area contributed by atoms with Crippen LogP contribution < -0.4 is 0 Å². The Morgan fingerprint density at radius 1 is 1.44 bits per heavy atom. The number of alkyl halides is 1. The molecule has 9 heteroatoms. The van der Waals surface area contributed by atoms with Gasteiger partial charge >= 0.3 is 5.97 Å². The van der Waals surface area contributed by atoms with Crippen LogP contribution >= 0.6 is 67.8 Å². The van der Waals surface area contributed by atoms with Gasteiger partial charge in [0.2, 0.25) is 0 Å². The molecular weight excluding hydrogens is 601 g/mol. The van der Waals surface area contributed by atoms with Crippen molar-refractivity contribution < 1.29 is 22.5 Å². The summed E-state index contributed by atoms with van der Waals surface area (Å²) < 4.78 is 37.9. The molecule has 0 spiro atoms. The minimum Gasteiger partial charge on any atom is -0.748 e. The molecular formula is C9H8I3O5S-. The summed E-state index contributed by atoms with van der Waals surface area (Å²) in [5, 5.41) is 0.